The topological polar surface area (TPSA) is 78.9 Å². The van der Waals surface area contributed by atoms with Crippen LogP contribution < -0.4 is 0 Å². The zero-order valence-electron chi connectivity index (χ0n) is 43.6. The van der Waals surface area contributed by atoms with Gasteiger partial charge in [0.1, 0.15) is 13.2 Å². The summed E-state index contributed by atoms with van der Waals surface area (Å²) in [7, 11) is 0. The van der Waals surface area contributed by atoms with E-state index in [-0.39, 0.29) is 37.5 Å². The number of ether oxygens (including phenoxy) is 3. The van der Waals surface area contributed by atoms with E-state index in [1.54, 1.807) is 0 Å². The standard InChI is InChI=1S/C61H102O6/c1-4-7-10-13-16-19-22-25-28-29-30-31-34-37-40-43-46-49-52-55-61(64)67-58(56-65-59(62)53-50-47-44-41-38-35-32-26-23-20-17-14-11-8-5-2)57-66-60(63)54-51-48-45-42-39-36-33-27-24-21-18-15-12-9-6-3/h7-8,10-11,16-17,19-20,25-26,28,30-32,37,40,58H,4-6,9,12-15,18,21-24,27,29,33-36,38-39,41-57H2,1-3H3/b10-7-,11-8-,19-16-,20-17-,28-25-,31-30-,32-26-,40-37-/t58-/m1/s1. The highest BCUT2D eigenvalue weighted by Gasteiger charge is 2.19. The van der Waals surface area contributed by atoms with Crippen LogP contribution in [-0.4, -0.2) is 37.2 Å². The third-order valence-electron chi connectivity index (χ3n) is 11.6. The molecule has 0 aromatic heterocycles. The SMILES string of the molecule is CC/C=C\C/C=C\C/C=C\C/C=C\C/C=C\CCCCCC(=O)O[C@H](COC(=O)CCCCCCC/C=C\C/C=C\C/C=C\CC)COC(=O)CCCCCCCCCCCCCCCCC. The first-order valence-corrected chi connectivity index (χ1v) is 27.7. The smallest absolute Gasteiger partial charge is 0.306 e. The van der Waals surface area contributed by atoms with E-state index in [1.807, 2.05) is 0 Å². The third-order valence-corrected chi connectivity index (χ3v) is 11.6. The molecule has 0 unspecified atom stereocenters. The molecule has 67 heavy (non-hydrogen) atoms. The Morgan fingerprint density at radius 1 is 0.313 bits per heavy atom. The number of esters is 3. The highest BCUT2D eigenvalue weighted by atomic mass is 16.6. The van der Waals surface area contributed by atoms with Crippen LogP contribution in [0.3, 0.4) is 0 Å². The lowest BCUT2D eigenvalue weighted by molar-refractivity contribution is -0.167. The maximum Gasteiger partial charge on any atom is 0.306 e. The van der Waals surface area contributed by atoms with Crippen molar-refractivity contribution in [2.45, 2.75) is 258 Å². The van der Waals surface area contributed by atoms with Gasteiger partial charge in [0.05, 0.1) is 0 Å². The molecule has 0 aliphatic carbocycles. The molecule has 0 spiro atoms. The fraction of sp³-hybridized carbons (Fsp3) is 0.689. The second kappa shape index (κ2) is 54.9. The van der Waals surface area contributed by atoms with Gasteiger partial charge in [0.25, 0.3) is 0 Å². The van der Waals surface area contributed by atoms with Crippen LogP contribution in [0.2, 0.25) is 0 Å². The van der Waals surface area contributed by atoms with Crippen molar-refractivity contribution in [3.63, 3.8) is 0 Å². The summed E-state index contributed by atoms with van der Waals surface area (Å²) in [6.45, 7) is 6.38. The predicted octanol–water partition coefficient (Wildman–Crippen LogP) is 18.5. The van der Waals surface area contributed by atoms with Crippen molar-refractivity contribution >= 4 is 17.9 Å². The maximum absolute atomic E-state index is 12.8. The molecule has 6 nitrogen and oxygen atoms in total. The van der Waals surface area contributed by atoms with E-state index in [0.717, 1.165) is 135 Å². The van der Waals surface area contributed by atoms with Crippen LogP contribution in [0.25, 0.3) is 0 Å². The van der Waals surface area contributed by atoms with Crippen molar-refractivity contribution in [2.75, 3.05) is 13.2 Å². The minimum Gasteiger partial charge on any atom is -0.462 e. The average molecular weight is 931 g/mol. The van der Waals surface area contributed by atoms with E-state index in [9.17, 15) is 14.4 Å². The normalized spacial score (nSPS) is 12.8. The van der Waals surface area contributed by atoms with Crippen LogP contribution in [0.1, 0.15) is 252 Å². The zero-order chi connectivity index (χ0) is 48.6. The number of rotatable bonds is 49. The van der Waals surface area contributed by atoms with E-state index in [1.165, 1.54) is 77.0 Å². The van der Waals surface area contributed by atoms with Crippen molar-refractivity contribution < 1.29 is 28.6 Å². The van der Waals surface area contributed by atoms with Gasteiger partial charge in [-0.25, -0.2) is 0 Å². The van der Waals surface area contributed by atoms with Crippen LogP contribution in [0.4, 0.5) is 0 Å². The second-order valence-electron chi connectivity index (χ2n) is 18.1. The van der Waals surface area contributed by atoms with Crippen molar-refractivity contribution in [3.8, 4) is 0 Å². The van der Waals surface area contributed by atoms with E-state index in [4.69, 9.17) is 14.2 Å². The summed E-state index contributed by atoms with van der Waals surface area (Å²) >= 11 is 0. The molecule has 0 aromatic rings. The number of hydrogen-bond donors (Lipinski definition) is 0. The molecule has 0 heterocycles. The Hall–Kier alpha value is -3.67. The Balaban J connectivity index is 4.48. The van der Waals surface area contributed by atoms with Gasteiger partial charge >= 0.3 is 17.9 Å². The molecule has 6 heteroatoms. The summed E-state index contributed by atoms with van der Waals surface area (Å²) < 4.78 is 16.8. The van der Waals surface area contributed by atoms with Gasteiger partial charge in [0.2, 0.25) is 0 Å². The molecule has 0 saturated carbocycles. The molecular weight excluding hydrogens is 829 g/mol. The Bertz CT molecular complexity index is 1350. The predicted molar refractivity (Wildman–Crippen MR) is 288 cm³/mol. The monoisotopic (exact) mass is 931 g/mol. The first kappa shape index (κ1) is 63.3. The molecular formula is C61H102O6. The van der Waals surface area contributed by atoms with E-state index < -0.39 is 6.10 Å². The molecule has 0 aliphatic rings. The van der Waals surface area contributed by atoms with Crippen molar-refractivity contribution in [1.82, 2.24) is 0 Å². The molecule has 0 aliphatic heterocycles. The Labute approximate surface area is 413 Å². The van der Waals surface area contributed by atoms with Gasteiger partial charge in [-0.2, -0.15) is 0 Å². The van der Waals surface area contributed by atoms with Crippen LogP contribution in [-0.2, 0) is 28.6 Å². The largest absolute Gasteiger partial charge is 0.462 e. The van der Waals surface area contributed by atoms with Gasteiger partial charge in [-0.3, -0.25) is 14.4 Å². The van der Waals surface area contributed by atoms with Gasteiger partial charge < -0.3 is 14.2 Å². The molecule has 0 amide bonds. The fourth-order valence-corrected chi connectivity index (χ4v) is 7.48. The van der Waals surface area contributed by atoms with Gasteiger partial charge in [-0.1, -0.05) is 234 Å². The highest BCUT2D eigenvalue weighted by molar-refractivity contribution is 5.71. The molecule has 0 aromatic carbocycles. The van der Waals surface area contributed by atoms with Crippen LogP contribution in [0, 0.1) is 0 Å². The summed E-state index contributed by atoms with van der Waals surface area (Å²) in [6.07, 6.45) is 72.5. The lowest BCUT2D eigenvalue weighted by Crippen LogP contribution is -2.30. The summed E-state index contributed by atoms with van der Waals surface area (Å²) in [5, 5.41) is 0. The number of allylic oxidation sites excluding steroid dienone is 16. The molecule has 0 radical (unpaired) electrons. The number of carbonyl (C=O) groups excluding carboxylic acids is 3. The molecule has 0 bridgehead atoms. The minimum absolute atomic E-state index is 0.0955. The Morgan fingerprint density at radius 3 is 0.925 bits per heavy atom. The fourth-order valence-electron chi connectivity index (χ4n) is 7.48. The molecule has 0 fully saturated rings. The quantitative estimate of drug-likeness (QED) is 0.0262. The second-order valence-corrected chi connectivity index (χ2v) is 18.1. The third kappa shape index (κ3) is 53.2. The number of carbonyl (C=O) groups is 3. The number of unbranched alkanes of at least 4 members (excludes halogenated alkanes) is 22. The Morgan fingerprint density at radius 2 is 0.582 bits per heavy atom. The maximum atomic E-state index is 12.8. The average Bonchev–Trinajstić information content (AvgIpc) is 3.33. The van der Waals surface area contributed by atoms with Gasteiger partial charge in [-0.05, 0) is 96.3 Å². The first-order chi connectivity index (χ1) is 33.0. The van der Waals surface area contributed by atoms with E-state index in [0.29, 0.717) is 12.8 Å². The van der Waals surface area contributed by atoms with Gasteiger partial charge in [0, 0.05) is 19.3 Å². The molecule has 0 saturated heterocycles. The summed E-state index contributed by atoms with van der Waals surface area (Å²) in [6, 6.07) is 0. The Kier molecular flexibility index (Phi) is 51.9. The van der Waals surface area contributed by atoms with Crippen molar-refractivity contribution in [3.05, 3.63) is 97.2 Å². The van der Waals surface area contributed by atoms with E-state index in [2.05, 4.69) is 118 Å². The first-order valence-electron chi connectivity index (χ1n) is 27.7. The molecule has 0 N–H and O–H groups in total. The van der Waals surface area contributed by atoms with Crippen molar-refractivity contribution in [2.24, 2.45) is 0 Å². The summed E-state index contributed by atoms with van der Waals surface area (Å²) in [5.74, 6) is -0.943. The molecule has 0 rings (SSSR count). The van der Waals surface area contributed by atoms with Crippen molar-refractivity contribution in [1.29, 1.82) is 0 Å². The van der Waals surface area contributed by atoms with E-state index >= 15 is 0 Å². The minimum atomic E-state index is -0.802. The lowest BCUT2D eigenvalue weighted by atomic mass is 10.0. The lowest BCUT2D eigenvalue weighted by Gasteiger charge is -2.18. The zero-order valence-corrected chi connectivity index (χ0v) is 43.6. The van der Waals surface area contributed by atoms with Crippen LogP contribution >= 0.6 is 0 Å². The highest BCUT2D eigenvalue weighted by Crippen LogP contribution is 2.15. The van der Waals surface area contributed by atoms with Gasteiger partial charge in [-0.15, -0.1) is 0 Å². The van der Waals surface area contributed by atoms with Crippen LogP contribution in [0.5, 0.6) is 0 Å². The number of hydrogen-bond acceptors (Lipinski definition) is 6. The summed E-state index contributed by atoms with van der Waals surface area (Å²) in [4.78, 5) is 38.1. The van der Waals surface area contributed by atoms with Crippen LogP contribution in [0.15, 0.2) is 97.2 Å². The summed E-state index contributed by atoms with van der Waals surface area (Å²) in [5.41, 5.74) is 0. The molecule has 1 atom stereocenters. The molecule has 382 valence electrons. The van der Waals surface area contributed by atoms with Gasteiger partial charge in [0.15, 0.2) is 6.10 Å².